The number of carbonyl (C=O) groups excluding carboxylic acids is 1. The van der Waals surface area contributed by atoms with Crippen LogP contribution in [0, 0.1) is 0 Å². The molecule has 156 valence electrons. The highest BCUT2D eigenvalue weighted by molar-refractivity contribution is 7.96. The van der Waals surface area contributed by atoms with Crippen LogP contribution in [-0.4, -0.2) is 45.6 Å². The van der Waals surface area contributed by atoms with Crippen molar-refractivity contribution < 1.29 is 26.4 Å². The molecule has 1 atom stereocenters. The van der Waals surface area contributed by atoms with Crippen molar-refractivity contribution in [2.24, 2.45) is 0 Å². The lowest BCUT2D eigenvalue weighted by atomic mass is 10.2. The molecule has 0 saturated carbocycles. The quantitative estimate of drug-likeness (QED) is 0.745. The fraction of sp³-hybridized carbons (Fsp3) is 0.350. The van der Waals surface area contributed by atoms with Crippen molar-refractivity contribution in [3.05, 3.63) is 54.1 Å². The Hall–Kier alpha value is -2.39. The van der Waals surface area contributed by atoms with Crippen LogP contribution in [0.4, 0.5) is 5.69 Å². The zero-order valence-electron chi connectivity index (χ0n) is 16.2. The first-order chi connectivity index (χ1) is 13.6. The van der Waals surface area contributed by atoms with Gasteiger partial charge in [-0.15, -0.1) is 0 Å². The van der Waals surface area contributed by atoms with Crippen molar-refractivity contribution in [3.8, 4) is 5.75 Å². The third-order valence-corrected chi connectivity index (χ3v) is 8.71. The summed E-state index contributed by atoms with van der Waals surface area (Å²) in [6.45, 7) is 3.83. The predicted molar refractivity (Wildman–Crippen MR) is 111 cm³/mol. The van der Waals surface area contributed by atoms with Gasteiger partial charge in [0.1, 0.15) is 5.75 Å². The van der Waals surface area contributed by atoms with E-state index in [1.165, 1.54) is 24.3 Å². The van der Waals surface area contributed by atoms with Gasteiger partial charge in [0.25, 0.3) is 5.91 Å². The summed E-state index contributed by atoms with van der Waals surface area (Å²) in [4.78, 5) is 12.5. The number of anilines is 1. The Labute approximate surface area is 170 Å². The molecule has 9 heteroatoms. The molecular formula is C20H23NO6S2. The lowest BCUT2D eigenvalue weighted by Gasteiger charge is -2.12. The first kappa shape index (κ1) is 21.3. The van der Waals surface area contributed by atoms with Crippen LogP contribution in [-0.2, 0) is 19.7 Å². The summed E-state index contributed by atoms with van der Waals surface area (Å²) < 4.78 is 54.4. The lowest BCUT2D eigenvalue weighted by Crippen LogP contribution is -2.23. The summed E-state index contributed by atoms with van der Waals surface area (Å²) in [6.07, 6.45) is 0.112. The van der Waals surface area contributed by atoms with E-state index in [1.54, 1.807) is 24.3 Å². The van der Waals surface area contributed by atoms with Gasteiger partial charge in [0.15, 0.2) is 19.7 Å². The van der Waals surface area contributed by atoms with Gasteiger partial charge in [0.05, 0.1) is 27.8 Å². The molecule has 1 aliphatic rings. The molecule has 1 aliphatic heterocycles. The standard InChI is InChI=1S/C20H23NO6S2/c1-14(2)27-17-8-6-16(7-9-17)21-20(22)15-4-3-5-18(12-15)29(25,26)19-10-11-28(23,24)13-19/h3-9,12,14,19H,10-11,13H2,1-2H3,(H,21,22)/t19-/m1/s1. The Kier molecular flexibility index (Phi) is 6.00. The molecule has 1 amide bonds. The van der Waals surface area contributed by atoms with E-state index in [4.69, 9.17) is 4.74 Å². The van der Waals surface area contributed by atoms with Crippen LogP contribution in [0.25, 0.3) is 0 Å². The Bertz CT molecular complexity index is 1110. The third-order valence-electron chi connectivity index (χ3n) is 4.54. The summed E-state index contributed by atoms with van der Waals surface area (Å²) in [5, 5.41) is 1.74. The fourth-order valence-corrected chi connectivity index (χ4v) is 7.51. The minimum absolute atomic E-state index is 0.0370. The number of ether oxygens (including phenoxy) is 1. The monoisotopic (exact) mass is 437 g/mol. The highest BCUT2D eigenvalue weighted by atomic mass is 32.2. The SMILES string of the molecule is CC(C)Oc1ccc(NC(=O)c2cccc(S(=O)(=O)[C@@H]3CCS(=O)(=O)C3)c2)cc1. The van der Waals surface area contributed by atoms with E-state index in [1.807, 2.05) is 13.8 Å². The van der Waals surface area contributed by atoms with E-state index >= 15 is 0 Å². The molecule has 1 N–H and O–H groups in total. The van der Waals surface area contributed by atoms with Gasteiger partial charge in [0, 0.05) is 11.3 Å². The summed E-state index contributed by atoms with van der Waals surface area (Å²) in [7, 11) is -7.17. The summed E-state index contributed by atoms with van der Waals surface area (Å²) in [5.41, 5.74) is 0.718. The van der Waals surface area contributed by atoms with Gasteiger partial charge in [-0.1, -0.05) is 6.07 Å². The topological polar surface area (TPSA) is 107 Å². The number of carbonyl (C=O) groups is 1. The van der Waals surface area contributed by atoms with E-state index in [9.17, 15) is 21.6 Å². The Morgan fingerprint density at radius 1 is 1.14 bits per heavy atom. The zero-order valence-corrected chi connectivity index (χ0v) is 17.8. The van der Waals surface area contributed by atoms with Gasteiger partial charge in [-0.2, -0.15) is 0 Å². The van der Waals surface area contributed by atoms with Crippen LogP contribution >= 0.6 is 0 Å². The molecular weight excluding hydrogens is 414 g/mol. The number of hydrogen-bond donors (Lipinski definition) is 1. The van der Waals surface area contributed by atoms with Gasteiger partial charge >= 0.3 is 0 Å². The molecule has 29 heavy (non-hydrogen) atoms. The molecule has 0 bridgehead atoms. The van der Waals surface area contributed by atoms with E-state index in [0.29, 0.717) is 11.4 Å². The van der Waals surface area contributed by atoms with Gasteiger partial charge in [-0.3, -0.25) is 4.79 Å². The molecule has 7 nitrogen and oxygen atoms in total. The molecule has 2 aromatic rings. The summed E-state index contributed by atoms with van der Waals surface area (Å²) in [5.74, 6) is -0.291. The van der Waals surface area contributed by atoms with Crippen LogP contribution in [0.5, 0.6) is 5.75 Å². The summed E-state index contributed by atoms with van der Waals surface area (Å²) in [6, 6.07) is 12.5. The number of nitrogens with one attached hydrogen (secondary N) is 1. The number of rotatable bonds is 6. The average molecular weight is 438 g/mol. The van der Waals surface area contributed by atoms with Crippen molar-refractivity contribution in [3.63, 3.8) is 0 Å². The van der Waals surface area contributed by atoms with E-state index in [0.717, 1.165) is 0 Å². The minimum atomic E-state index is -3.83. The molecule has 1 fully saturated rings. The van der Waals surface area contributed by atoms with Gasteiger partial charge in [0.2, 0.25) is 0 Å². The maximum Gasteiger partial charge on any atom is 0.255 e. The second kappa shape index (κ2) is 8.16. The first-order valence-electron chi connectivity index (χ1n) is 9.19. The molecule has 0 radical (unpaired) electrons. The smallest absolute Gasteiger partial charge is 0.255 e. The van der Waals surface area contributed by atoms with E-state index in [-0.39, 0.29) is 34.5 Å². The van der Waals surface area contributed by atoms with Crippen molar-refractivity contribution >= 4 is 31.3 Å². The molecule has 0 unspecified atom stereocenters. The first-order valence-corrected chi connectivity index (χ1v) is 12.6. The van der Waals surface area contributed by atoms with Crippen LogP contribution in [0.2, 0.25) is 0 Å². The fourth-order valence-electron chi connectivity index (χ4n) is 3.10. The Morgan fingerprint density at radius 3 is 2.41 bits per heavy atom. The van der Waals surface area contributed by atoms with E-state index < -0.39 is 30.8 Å². The number of hydrogen-bond acceptors (Lipinski definition) is 6. The maximum atomic E-state index is 12.8. The van der Waals surface area contributed by atoms with Gasteiger partial charge in [-0.05, 0) is 62.7 Å². The van der Waals surface area contributed by atoms with Crippen molar-refractivity contribution in [2.45, 2.75) is 36.5 Å². The molecule has 1 heterocycles. The van der Waals surface area contributed by atoms with Crippen LogP contribution < -0.4 is 10.1 Å². The third kappa shape index (κ3) is 5.16. The van der Waals surface area contributed by atoms with Crippen molar-refractivity contribution in [1.82, 2.24) is 0 Å². The van der Waals surface area contributed by atoms with E-state index in [2.05, 4.69) is 5.32 Å². The number of benzene rings is 2. The number of sulfone groups is 2. The average Bonchev–Trinajstić information content (AvgIpc) is 3.03. The highest BCUT2D eigenvalue weighted by Crippen LogP contribution is 2.26. The highest BCUT2D eigenvalue weighted by Gasteiger charge is 2.38. The zero-order chi connectivity index (χ0) is 21.2. The molecule has 3 rings (SSSR count). The largest absolute Gasteiger partial charge is 0.491 e. The Balaban J connectivity index is 1.76. The van der Waals surface area contributed by atoms with Crippen LogP contribution in [0.15, 0.2) is 53.4 Å². The van der Waals surface area contributed by atoms with Gasteiger partial charge < -0.3 is 10.1 Å². The molecule has 0 aliphatic carbocycles. The molecule has 0 spiro atoms. The second-order valence-corrected chi connectivity index (χ2v) is 11.7. The lowest BCUT2D eigenvalue weighted by molar-refractivity contribution is 0.102. The normalized spacial score (nSPS) is 18.5. The molecule has 1 saturated heterocycles. The van der Waals surface area contributed by atoms with Crippen molar-refractivity contribution in [1.29, 1.82) is 0 Å². The van der Waals surface area contributed by atoms with Crippen LogP contribution in [0.1, 0.15) is 30.6 Å². The minimum Gasteiger partial charge on any atom is -0.491 e. The Morgan fingerprint density at radius 2 is 1.83 bits per heavy atom. The second-order valence-electron chi connectivity index (χ2n) is 7.24. The molecule has 0 aromatic heterocycles. The maximum absolute atomic E-state index is 12.8. The van der Waals surface area contributed by atoms with Gasteiger partial charge in [-0.25, -0.2) is 16.8 Å². The number of amides is 1. The van der Waals surface area contributed by atoms with Crippen molar-refractivity contribution in [2.75, 3.05) is 16.8 Å². The predicted octanol–water partition coefficient (Wildman–Crippen LogP) is 2.69. The van der Waals surface area contributed by atoms with Crippen LogP contribution in [0.3, 0.4) is 0 Å². The summed E-state index contributed by atoms with van der Waals surface area (Å²) >= 11 is 0. The molecule has 2 aromatic carbocycles.